The molecule has 0 spiro atoms. The van der Waals surface area contributed by atoms with Crippen LogP contribution in [0.25, 0.3) is 59.9 Å². The molecule has 3 atom stereocenters. The van der Waals surface area contributed by atoms with E-state index in [-0.39, 0.29) is 116 Å². The van der Waals surface area contributed by atoms with Gasteiger partial charge in [-0.1, -0.05) is 54.6 Å². The van der Waals surface area contributed by atoms with Crippen molar-refractivity contribution >= 4 is 164 Å². The Labute approximate surface area is 717 Å². The molecule has 0 aliphatic carbocycles. The number of nitrogens with zero attached hydrogens (tertiary/aromatic N) is 7. The van der Waals surface area contributed by atoms with E-state index in [0.717, 1.165) is 65.7 Å². The molecule has 9 aromatic carbocycles. The third-order valence-corrected chi connectivity index (χ3v) is 23.1. The summed E-state index contributed by atoms with van der Waals surface area (Å²) in [6.45, 7) is 7.37. The van der Waals surface area contributed by atoms with Crippen molar-refractivity contribution in [3.05, 3.63) is 274 Å². The summed E-state index contributed by atoms with van der Waals surface area (Å²) in [5.74, 6) is 1.29. The highest BCUT2D eigenvalue weighted by Crippen LogP contribution is 2.50. The van der Waals surface area contributed by atoms with E-state index >= 15 is 0 Å². The topological polar surface area (TPSA) is 372 Å². The first-order valence-corrected chi connectivity index (χ1v) is 41.0. The van der Waals surface area contributed by atoms with E-state index in [4.69, 9.17) is 64.3 Å². The largest absolute Gasteiger partial charge is 0.507 e. The van der Waals surface area contributed by atoms with Gasteiger partial charge in [-0.15, -0.1) is 34.8 Å². The normalized spacial score (nSPS) is 14.4. The third-order valence-electron chi connectivity index (χ3n) is 22.0. The molecule has 3 aliphatic rings. The smallest absolute Gasteiger partial charge is 0.278 e. The van der Waals surface area contributed by atoms with Crippen molar-refractivity contribution in [3.8, 4) is 34.5 Å². The maximum Gasteiger partial charge on any atom is 0.278 e. The number of carbonyl (C=O) groups is 6. The van der Waals surface area contributed by atoms with E-state index in [9.17, 15) is 44.1 Å². The van der Waals surface area contributed by atoms with Crippen LogP contribution in [-0.4, -0.2) is 172 Å². The van der Waals surface area contributed by atoms with E-state index < -0.39 is 0 Å². The zero-order chi connectivity index (χ0) is 86.0. The molecule has 0 radical (unpaired) electrons. The minimum atomic E-state index is -0.347. The summed E-state index contributed by atoms with van der Waals surface area (Å²) in [6, 6.07) is 52.2. The highest BCUT2D eigenvalue weighted by atomic mass is 35.5. The molecule has 27 nitrogen and oxygen atoms in total. The fraction of sp³-hybridized carbons (Fsp3) is 0.194. The number of aromatic hydroxyl groups is 3. The monoisotopic (exact) mass is 1710 g/mol. The number of phenolic OH excluding ortho intramolecular Hbond substituents is 3. The number of aromatic amines is 2. The molecule has 0 saturated carbocycles. The predicted octanol–water partition coefficient (Wildman–Crippen LogP) is 15.8. The Bertz CT molecular complexity index is 6030. The van der Waals surface area contributed by atoms with Gasteiger partial charge in [-0.25, -0.2) is 15.0 Å². The average molecular weight is 1710 g/mol. The summed E-state index contributed by atoms with van der Waals surface area (Å²) in [6.07, 6.45) is 6.40. The van der Waals surface area contributed by atoms with E-state index in [1.807, 2.05) is 75.4 Å². The molecule has 123 heavy (non-hydrogen) atoms. The molecule has 11 N–H and O–H groups in total. The van der Waals surface area contributed by atoms with Gasteiger partial charge in [0.05, 0.1) is 66.2 Å². The van der Waals surface area contributed by atoms with Crippen molar-refractivity contribution in [2.45, 2.75) is 38.5 Å². The Morgan fingerprint density at radius 2 is 0.862 bits per heavy atom. The standard InChI is InChI=1S/3C31H27ClN4O5/c1-18-3-2-4-23-26(38)13-25-29(28(18)23)20(14-32)15-36(25)31(40)24-17-35-16-21(7-10-27(35)34-24)33-30(39)19-5-8-22(9-6-19)41-12-11-37;1-17-3-2-4-23-26(38)13-25-28(27(17)23)20(14-32)16-36(25)31(40)24-12-19-11-21(15-33-29(19)35-24)34-30(39)18-5-7-22(8-6-18)41-10-9-37;1-17-3-2-4-22-26(38)13-25-29(28(17)22)20(14-32)16-36(25)31(40)23-11-19-12-27(33-15-24(19)34-23)35-30(39)18-5-7-21(8-6-18)41-10-9-37/h2-10,13,16-17,20,37-38H,11-12,14-15H2,1H3,(H,33,39);2-8,11-13,15,20,37-38H,9-10,14,16H2,1H3,(H,33,35)(H,34,39);2-8,11-13,15,20,34,37-38H,9-10,14,16H2,1H3,(H,33,35,39)/t3*20-/m111/s1. The van der Waals surface area contributed by atoms with Crippen molar-refractivity contribution < 1.29 is 73.6 Å². The zero-order valence-corrected chi connectivity index (χ0v) is 68.7. The summed E-state index contributed by atoms with van der Waals surface area (Å²) in [5, 5.41) is 73.8. The van der Waals surface area contributed by atoms with E-state index in [0.29, 0.717) is 144 Å². The summed E-state index contributed by atoms with van der Waals surface area (Å²) in [7, 11) is 0. The van der Waals surface area contributed by atoms with Gasteiger partial charge < -0.3 is 89.9 Å². The number of benzene rings is 9. The van der Waals surface area contributed by atoms with Crippen LogP contribution >= 0.6 is 34.8 Å². The number of aromatic nitrogens is 6. The summed E-state index contributed by atoms with van der Waals surface area (Å²) < 4.78 is 17.7. The molecular weight excluding hydrogens is 1630 g/mol. The molecule has 3 aliphatic heterocycles. The van der Waals surface area contributed by atoms with Gasteiger partial charge in [0, 0.05) is 129 Å². The van der Waals surface area contributed by atoms with Gasteiger partial charge in [0.15, 0.2) is 0 Å². The van der Waals surface area contributed by atoms with Crippen LogP contribution in [0, 0.1) is 20.8 Å². The highest BCUT2D eigenvalue weighted by molar-refractivity contribution is 6.21. The lowest BCUT2D eigenvalue weighted by Crippen LogP contribution is -2.30. The fourth-order valence-electron chi connectivity index (χ4n) is 16.3. The molecule has 624 valence electrons. The van der Waals surface area contributed by atoms with Gasteiger partial charge in [-0.05, 0) is 180 Å². The number of H-pyrrole nitrogens is 2. The maximum atomic E-state index is 13.8. The molecule has 6 aromatic heterocycles. The summed E-state index contributed by atoms with van der Waals surface area (Å²) in [5.41, 5.74) is 12.7. The second-order valence-electron chi connectivity index (χ2n) is 29.9. The number of halogens is 3. The molecule has 9 heterocycles. The number of pyridine rings is 3. The number of anilines is 6. The Hall–Kier alpha value is -13.8. The van der Waals surface area contributed by atoms with Crippen LogP contribution in [0.3, 0.4) is 0 Å². The average Bonchev–Trinajstić information content (AvgIpc) is 1.62. The molecule has 0 fully saturated rings. The van der Waals surface area contributed by atoms with Crippen LogP contribution in [-0.2, 0) is 0 Å². The number of rotatable bonds is 21. The van der Waals surface area contributed by atoms with Gasteiger partial charge in [-0.3, -0.25) is 28.8 Å². The molecular formula is C93H81Cl3N12O15. The first kappa shape index (κ1) is 82.9. The Balaban J connectivity index is 0.000000137. The third kappa shape index (κ3) is 16.6. The number of hydrogen-bond acceptors (Lipinski definition) is 18. The minimum Gasteiger partial charge on any atom is -0.507 e. The number of aliphatic hydroxyl groups is 3. The Morgan fingerprint density at radius 3 is 1.30 bits per heavy atom. The van der Waals surface area contributed by atoms with Gasteiger partial charge >= 0.3 is 0 Å². The zero-order valence-electron chi connectivity index (χ0n) is 66.5. The second-order valence-corrected chi connectivity index (χ2v) is 30.9. The van der Waals surface area contributed by atoms with Gasteiger partial charge in [0.25, 0.3) is 35.4 Å². The summed E-state index contributed by atoms with van der Waals surface area (Å²) in [4.78, 5) is 104. The fourth-order valence-corrected chi connectivity index (χ4v) is 17.0. The predicted molar refractivity (Wildman–Crippen MR) is 475 cm³/mol. The van der Waals surface area contributed by atoms with E-state index in [1.54, 1.807) is 165 Å². The molecule has 18 rings (SSSR count). The van der Waals surface area contributed by atoms with E-state index in [1.165, 1.54) is 6.20 Å². The molecule has 0 bridgehead atoms. The second kappa shape index (κ2) is 35.5. The SMILES string of the molecule is Cc1cccc2c(O)cc3c(c12)[C@H](CCl)CN3C(=O)c1cc2cc(NC(=O)c3ccc(OCCO)cc3)cnc2[nH]1.Cc1cccc2c(O)cc3c(c12)[C@H](CCl)CN3C(=O)c1cc2cc(NC(=O)c3ccc(OCCO)cc3)ncc2[nH]1.Cc1cccc2c(O)cc3c(c12)[C@H](CCl)CN3C(=O)c1cn2cc(NC(=O)c3ccc(OCCO)cc3)ccc2n1. The molecule has 6 amide bonds. The molecule has 0 saturated heterocycles. The number of phenols is 3. The minimum absolute atomic E-state index is 0.0806. The first-order valence-electron chi connectivity index (χ1n) is 39.4. The van der Waals surface area contributed by atoms with Crippen LogP contribution < -0.4 is 44.9 Å². The van der Waals surface area contributed by atoms with Gasteiger partial charge in [0.2, 0.25) is 0 Å². The van der Waals surface area contributed by atoms with Crippen molar-refractivity contribution in [1.82, 2.24) is 29.3 Å². The maximum absolute atomic E-state index is 13.8. The molecule has 0 unspecified atom stereocenters. The van der Waals surface area contributed by atoms with Crippen LogP contribution in [0.5, 0.6) is 34.5 Å². The van der Waals surface area contributed by atoms with Crippen LogP contribution in [0.2, 0.25) is 0 Å². The van der Waals surface area contributed by atoms with Crippen LogP contribution in [0.15, 0.2) is 207 Å². The Morgan fingerprint density at radius 1 is 0.447 bits per heavy atom. The van der Waals surface area contributed by atoms with E-state index in [2.05, 4.69) is 40.9 Å². The van der Waals surface area contributed by atoms with Gasteiger partial charge in [-0.2, -0.15) is 0 Å². The number of fused-ring (bicyclic) bond motifs is 12. The first-order chi connectivity index (χ1) is 59.6. The number of hydrogen-bond donors (Lipinski definition) is 11. The van der Waals surface area contributed by atoms with Crippen molar-refractivity contribution in [1.29, 1.82) is 0 Å². The van der Waals surface area contributed by atoms with Crippen LogP contribution in [0.1, 0.15) is 114 Å². The van der Waals surface area contributed by atoms with Crippen molar-refractivity contribution in [3.63, 3.8) is 0 Å². The number of amides is 6. The summed E-state index contributed by atoms with van der Waals surface area (Å²) >= 11 is 19.1. The molecule has 15 aromatic rings. The lowest BCUT2D eigenvalue weighted by atomic mass is 9.92. The van der Waals surface area contributed by atoms with Crippen molar-refractivity contribution in [2.24, 2.45) is 0 Å². The highest BCUT2D eigenvalue weighted by Gasteiger charge is 2.40. The number of carbonyl (C=O) groups excluding carboxylic acids is 6. The molecule has 30 heteroatoms. The Kier molecular flexibility index (Phi) is 23.9. The lowest BCUT2D eigenvalue weighted by molar-refractivity contribution is 0.0976. The number of nitrogens with one attached hydrogen (secondary N) is 5. The lowest BCUT2D eigenvalue weighted by Gasteiger charge is -2.18. The number of alkyl halides is 3. The quantitative estimate of drug-likeness (QED) is 0.0298. The van der Waals surface area contributed by atoms with Crippen LogP contribution in [0.4, 0.5) is 34.3 Å². The number of ether oxygens (including phenoxy) is 3. The van der Waals surface area contributed by atoms with Crippen molar-refractivity contribution in [2.75, 3.05) is 108 Å². The number of aryl methyl sites for hydroxylation is 3. The number of aliphatic hydroxyl groups excluding tert-OH is 3. The van der Waals surface area contributed by atoms with Gasteiger partial charge in [0.1, 0.15) is 88.5 Å². The number of imidazole rings is 1.